The van der Waals surface area contributed by atoms with Gasteiger partial charge in [-0.15, -0.1) is 0 Å². The van der Waals surface area contributed by atoms with Crippen molar-refractivity contribution in [2.75, 3.05) is 6.54 Å². The fourth-order valence-electron chi connectivity index (χ4n) is 2.04. The number of benzene rings is 1. The molecule has 0 bridgehead atoms. The van der Waals surface area contributed by atoms with Gasteiger partial charge in [-0.3, -0.25) is 0 Å². The maximum atomic E-state index is 13.1. The third-order valence-corrected chi connectivity index (χ3v) is 5.14. The molecule has 1 fully saturated rings. The molecule has 2 rings (SSSR count). The smallest absolute Gasteiger partial charge is 0.243 e. The molecule has 2 unspecified atom stereocenters. The zero-order chi connectivity index (χ0) is 12.6. The van der Waals surface area contributed by atoms with Crippen LogP contribution in [0.4, 0.5) is 4.39 Å². The van der Waals surface area contributed by atoms with Crippen molar-refractivity contribution in [1.82, 2.24) is 4.31 Å². The molecule has 4 nitrogen and oxygen atoms in total. The van der Waals surface area contributed by atoms with E-state index >= 15 is 0 Å². The van der Waals surface area contributed by atoms with E-state index in [2.05, 4.69) is 0 Å². The number of nitrogens with zero attached hydrogens (tertiary/aromatic N) is 1. The molecule has 0 aliphatic carbocycles. The zero-order valence-corrected chi connectivity index (χ0v) is 10.3. The zero-order valence-electron chi connectivity index (χ0n) is 9.51. The Bertz CT molecular complexity index is 518. The van der Waals surface area contributed by atoms with Gasteiger partial charge in [0.15, 0.2) is 0 Å². The van der Waals surface area contributed by atoms with Crippen molar-refractivity contribution < 1.29 is 12.8 Å². The third kappa shape index (κ3) is 2.20. The number of halogens is 1. The lowest BCUT2D eigenvalue weighted by Gasteiger charge is -2.22. The number of rotatable bonds is 2. The summed E-state index contributed by atoms with van der Waals surface area (Å²) in [5.41, 5.74) is 5.79. The van der Waals surface area contributed by atoms with E-state index in [0.717, 1.165) is 6.07 Å². The lowest BCUT2D eigenvalue weighted by molar-refractivity contribution is 0.393. The van der Waals surface area contributed by atoms with Crippen LogP contribution in [0, 0.1) is 5.82 Å². The van der Waals surface area contributed by atoms with Crippen LogP contribution in [0.1, 0.15) is 13.3 Å². The molecule has 1 aliphatic heterocycles. The van der Waals surface area contributed by atoms with E-state index in [9.17, 15) is 12.8 Å². The Labute approximate surface area is 100 Å². The summed E-state index contributed by atoms with van der Waals surface area (Å²) in [6.45, 7) is 2.16. The summed E-state index contributed by atoms with van der Waals surface area (Å²) in [4.78, 5) is -0.0153. The van der Waals surface area contributed by atoms with E-state index in [1.165, 1.54) is 22.5 Å². The molecule has 1 heterocycles. The molecule has 1 saturated heterocycles. The predicted molar refractivity (Wildman–Crippen MR) is 62.3 cm³/mol. The largest absolute Gasteiger partial charge is 0.326 e. The minimum atomic E-state index is -3.63. The summed E-state index contributed by atoms with van der Waals surface area (Å²) in [6, 6.07) is 4.64. The Hall–Kier alpha value is -0.980. The van der Waals surface area contributed by atoms with E-state index in [0.29, 0.717) is 13.0 Å². The first kappa shape index (κ1) is 12.5. The van der Waals surface area contributed by atoms with Crippen LogP contribution in [-0.2, 0) is 10.0 Å². The summed E-state index contributed by atoms with van der Waals surface area (Å²) >= 11 is 0. The number of hydrogen-bond acceptors (Lipinski definition) is 3. The first-order valence-electron chi connectivity index (χ1n) is 5.46. The maximum Gasteiger partial charge on any atom is 0.243 e. The van der Waals surface area contributed by atoms with Crippen molar-refractivity contribution in [3.63, 3.8) is 0 Å². The molecule has 94 valence electrons. The highest BCUT2D eigenvalue weighted by Crippen LogP contribution is 2.25. The van der Waals surface area contributed by atoms with Crippen molar-refractivity contribution in [2.24, 2.45) is 5.73 Å². The summed E-state index contributed by atoms with van der Waals surface area (Å²) in [5, 5.41) is 0. The molecule has 2 N–H and O–H groups in total. The van der Waals surface area contributed by atoms with Crippen LogP contribution in [0.25, 0.3) is 0 Å². The lowest BCUT2D eigenvalue weighted by Crippen LogP contribution is -2.40. The first-order chi connectivity index (χ1) is 7.93. The van der Waals surface area contributed by atoms with Crippen molar-refractivity contribution in [3.8, 4) is 0 Å². The average molecular weight is 258 g/mol. The minimum absolute atomic E-state index is 0.0153. The minimum Gasteiger partial charge on any atom is -0.326 e. The van der Waals surface area contributed by atoms with Crippen LogP contribution in [0.15, 0.2) is 29.2 Å². The molecular formula is C11H15FN2O2S. The van der Waals surface area contributed by atoms with Crippen molar-refractivity contribution >= 4 is 10.0 Å². The van der Waals surface area contributed by atoms with Gasteiger partial charge in [0.2, 0.25) is 10.0 Å². The van der Waals surface area contributed by atoms with Crippen molar-refractivity contribution in [1.29, 1.82) is 0 Å². The number of hydrogen-bond donors (Lipinski definition) is 1. The van der Waals surface area contributed by atoms with Gasteiger partial charge in [-0.1, -0.05) is 6.07 Å². The summed E-state index contributed by atoms with van der Waals surface area (Å²) < 4.78 is 38.9. The third-order valence-electron chi connectivity index (χ3n) is 3.16. The fraction of sp³-hybridized carbons (Fsp3) is 0.455. The van der Waals surface area contributed by atoms with E-state index in [4.69, 9.17) is 5.73 Å². The van der Waals surface area contributed by atoms with E-state index < -0.39 is 15.8 Å². The van der Waals surface area contributed by atoms with Crippen molar-refractivity contribution in [3.05, 3.63) is 30.1 Å². The topological polar surface area (TPSA) is 63.4 Å². The maximum absolute atomic E-state index is 13.1. The van der Waals surface area contributed by atoms with Gasteiger partial charge in [0.25, 0.3) is 0 Å². The van der Waals surface area contributed by atoms with E-state index in [-0.39, 0.29) is 17.0 Å². The summed E-state index contributed by atoms with van der Waals surface area (Å²) in [6.07, 6.45) is 0.635. The first-order valence-corrected chi connectivity index (χ1v) is 6.90. The number of sulfonamides is 1. The Balaban J connectivity index is 2.37. The van der Waals surface area contributed by atoms with E-state index in [1.54, 1.807) is 6.92 Å². The summed E-state index contributed by atoms with van der Waals surface area (Å²) in [5.74, 6) is -0.553. The molecule has 0 amide bonds. The monoisotopic (exact) mass is 258 g/mol. The molecule has 0 spiro atoms. The average Bonchev–Trinajstić information content (AvgIpc) is 2.60. The molecule has 2 atom stereocenters. The van der Waals surface area contributed by atoms with Gasteiger partial charge in [0, 0.05) is 18.6 Å². The second-order valence-corrected chi connectivity index (χ2v) is 6.16. The lowest BCUT2D eigenvalue weighted by atomic mass is 10.2. The Kier molecular flexibility index (Phi) is 3.20. The Morgan fingerprint density at radius 3 is 2.71 bits per heavy atom. The summed E-state index contributed by atoms with van der Waals surface area (Å²) in [7, 11) is -3.63. The molecule has 1 aromatic rings. The second kappa shape index (κ2) is 4.36. The van der Waals surface area contributed by atoms with Gasteiger partial charge in [-0.05, 0) is 31.5 Å². The van der Waals surface area contributed by atoms with Gasteiger partial charge < -0.3 is 5.73 Å². The standard InChI is InChI=1S/C11H15FN2O2S/c1-8-11(13)5-6-14(8)17(15,16)10-4-2-3-9(12)7-10/h2-4,7-8,11H,5-6,13H2,1H3. The van der Waals surface area contributed by atoms with Gasteiger partial charge in [-0.2, -0.15) is 4.31 Å². The number of nitrogens with two attached hydrogens (primary N) is 1. The van der Waals surface area contributed by atoms with Gasteiger partial charge in [-0.25, -0.2) is 12.8 Å². The van der Waals surface area contributed by atoms with Crippen LogP contribution in [-0.4, -0.2) is 31.4 Å². The molecule has 1 aliphatic rings. The molecule has 1 aromatic carbocycles. The Morgan fingerprint density at radius 2 is 2.18 bits per heavy atom. The highest BCUT2D eigenvalue weighted by atomic mass is 32.2. The van der Waals surface area contributed by atoms with Crippen LogP contribution in [0.2, 0.25) is 0 Å². The highest BCUT2D eigenvalue weighted by molar-refractivity contribution is 7.89. The second-order valence-electron chi connectivity index (χ2n) is 4.27. The molecule has 17 heavy (non-hydrogen) atoms. The van der Waals surface area contributed by atoms with E-state index in [1.807, 2.05) is 0 Å². The SMILES string of the molecule is CC1C(N)CCN1S(=O)(=O)c1cccc(F)c1. The molecule has 6 heteroatoms. The van der Waals surface area contributed by atoms with Gasteiger partial charge >= 0.3 is 0 Å². The van der Waals surface area contributed by atoms with Crippen LogP contribution >= 0.6 is 0 Å². The van der Waals surface area contributed by atoms with Gasteiger partial charge in [0.1, 0.15) is 5.82 Å². The molecular weight excluding hydrogens is 243 g/mol. The van der Waals surface area contributed by atoms with Crippen molar-refractivity contribution in [2.45, 2.75) is 30.3 Å². The fourth-order valence-corrected chi connectivity index (χ4v) is 3.76. The van der Waals surface area contributed by atoms with Crippen LogP contribution in [0.5, 0.6) is 0 Å². The molecule has 0 saturated carbocycles. The van der Waals surface area contributed by atoms with Crippen LogP contribution in [0.3, 0.4) is 0 Å². The van der Waals surface area contributed by atoms with Gasteiger partial charge in [0.05, 0.1) is 4.90 Å². The highest BCUT2D eigenvalue weighted by Gasteiger charge is 2.37. The Morgan fingerprint density at radius 1 is 1.47 bits per heavy atom. The quantitative estimate of drug-likeness (QED) is 0.858. The van der Waals surface area contributed by atoms with Crippen LogP contribution < -0.4 is 5.73 Å². The molecule has 0 aromatic heterocycles. The molecule has 0 radical (unpaired) electrons. The predicted octanol–water partition coefficient (Wildman–Crippen LogP) is 0.936. The normalized spacial score (nSPS) is 26.3.